The number of nitrogens with one attached hydrogen (secondary N) is 1. The molecule has 0 radical (unpaired) electrons. The summed E-state index contributed by atoms with van der Waals surface area (Å²) in [6.07, 6.45) is 0. The second-order valence-corrected chi connectivity index (χ2v) is 8.32. The lowest BCUT2D eigenvalue weighted by molar-refractivity contribution is 1.06. The Hall–Kier alpha value is -5.18. The van der Waals surface area contributed by atoms with Crippen molar-refractivity contribution in [3.8, 4) is 0 Å². The van der Waals surface area contributed by atoms with E-state index in [-0.39, 0.29) is 0 Å². The lowest BCUT2D eigenvalue weighted by Crippen LogP contribution is -2.13. The number of amidine groups is 2. The first-order valence-corrected chi connectivity index (χ1v) is 11.6. The molecule has 9 nitrogen and oxygen atoms in total. The molecule has 9 heteroatoms. The summed E-state index contributed by atoms with van der Waals surface area (Å²) in [5.74, 6) is 0.913. The van der Waals surface area contributed by atoms with Crippen LogP contribution in [0.4, 0.5) is 22.7 Å². The van der Waals surface area contributed by atoms with Gasteiger partial charge in [0.2, 0.25) is 0 Å². The summed E-state index contributed by atoms with van der Waals surface area (Å²) < 4.78 is 0. The predicted octanol–water partition coefficient (Wildman–Crippen LogP) is 4.77. The van der Waals surface area contributed by atoms with E-state index in [1.807, 2.05) is 97.1 Å². The van der Waals surface area contributed by atoms with Crippen molar-refractivity contribution in [1.82, 2.24) is 0 Å². The molecule has 4 aromatic carbocycles. The molecule has 186 valence electrons. The van der Waals surface area contributed by atoms with E-state index in [1.54, 1.807) is 0 Å². The summed E-state index contributed by atoms with van der Waals surface area (Å²) in [6.45, 7) is 0.968. The number of hydrogen-bond donors (Lipinski definition) is 5. The van der Waals surface area contributed by atoms with Crippen molar-refractivity contribution in [2.24, 2.45) is 31.8 Å². The fourth-order valence-electron chi connectivity index (χ4n) is 3.34. The molecule has 0 aliphatic carbocycles. The summed E-state index contributed by atoms with van der Waals surface area (Å²) in [7, 11) is 0. The first-order valence-electron chi connectivity index (χ1n) is 11.6. The SMILES string of the molecule is NC(=NCc1ccc(N)cc1)c1ccc(N=NNc2ccc(C(N)=NCc3ccc(N)cc3)cc2)cc1. The van der Waals surface area contributed by atoms with Crippen molar-refractivity contribution in [2.45, 2.75) is 13.1 Å². The van der Waals surface area contributed by atoms with Gasteiger partial charge in [0.1, 0.15) is 11.7 Å². The standard InChI is InChI=1S/C28H29N9/c29-23-9-1-19(2-10-23)17-33-27(31)21-5-13-25(14-6-21)35-37-36-26-15-7-22(8-16-26)28(32)34-18-20-3-11-24(30)12-4-20/h1-16H,17-18,29-30H2,(H2,31,33)(H2,32,34)(H,35,36). The average Bonchev–Trinajstić information content (AvgIpc) is 2.93. The quantitative estimate of drug-likeness (QED) is 0.0746. The van der Waals surface area contributed by atoms with Crippen LogP contribution < -0.4 is 28.4 Å². The van der Waals surface area contributed by atoms with Crippen LogP contribution >= 0.6 is 0 Å². The molecule has 37 heavy (non-hydrogen) atoms. The zero-order chi connectivity index (χ0) is 26.0. The minimum atomic E-state index is 0.454. The van der Waals surface area contributed by atoms with Crippen molar-refractivity contribution >= 4 is 34.4 Å². The van der Waals surface area contributed by atoms with Crippen LogP contribution in [0.1, 0.15) is 22.3 Å². The number of nitrogens with two attached hydrogens (primary N) is 4. The fraction of sp³-hybridized carbons (Fsp3) is 0.0714. The Labute approximate surface area is 215 Å². The molecule has 0 saturated carbocycles. The molecule has 0 fully saturated rings. The maximum Gasteiger partial charge on any atom is 0.125 e. The van der Waals surface area contributed by atoms with Crippen LogP contribution in [0.2, 0.25) is 0 Å². The highest BCUT2D eigenvalue weighted by Crippen LogP contribution is 2.16. The summed E-state index contributed by atoms with van der Waals surface area (Å²) in [5, 5.41) is 8.25. The van der Waals surface area contributed by atoms with Gasteiger partial charge in [-0.2, -0.15) is 0 Å². The van der Waals surface area contributed by atoms with Gasteiger partial charge in [0.15, 0.2) is 0 Å². The molecule has 0 unspecified atom stereocenters. The van der Waals surface area contributed by atoms with Gasteiger partial charge >= 0.3 is 0 Å². The van der Waals surface area contributed by atoms with Crippen LogP contribution in [0, 0.1) is 0 Å². The molecular formula is C28H29N9. The Bertz CT molecular complexity index is 1390. The number of nitrogen functional groups attached to an aromatic ring is 2. The largest absolute Gasteiger partial charge is 0.399 e. The third kappa shape index (κ3) is 7.40. The van der Waals surface area contributed by atoms with Crippen molar-refractivity contribution in [1.29, 1.82) is 0 Å². The summed E-state index contributed by atoms with van der Waals surface area (Å²) in [5.41, 5.74) is 33.2. The summed E-state index contributed by atoms with van der Waals surface area (Å²) in [4.78, 5) is 8.89. The molecule has 4 rings (SSSR count). The Morgan fingerprint density at radius 3 is 1.46 bits per heavy atom. The Kier molecular flexibility index (Phi) is 8.07. The third-order valence-electron chi connectivity index (χ3n) is 5.51. The third-order valence-corrected chi connectivity index (χ3v) is 5.51. The van der Waals surface area contributed by atoms with Gasteiger partial charge in [0.05, 0.1) is 24.5 Å². The van der Waals surface area contributed by atoms with E-state index in [1.165, 1.54) is 0 Å². The van der Waals surface area contributed by atoms with Crippen molar-refractivity contribution < 1.29 is 0 Å². The number of aliphatic imine (C=N–C) groups is 2. The molecule has 0 spiro atoms. The Morgan fingerprint density at radius 2 is 1.00 bits per heavy atom. The highest BCUT2D eigenvalue weighted by molar-refractivity contribution is 5.98. The molecule has 0 aliphatic heterocycles. The van der Waals surface area contributed by atoms with Gasteiger partial charge in [-0.15, -0.1) is 5.11 Å². The molecule has 9 N–H and O–H groups in total. The summed E-state index contributed by atoms with van der Waals surface area (Å²) >= 11 is 0. The monoisotopic (exact) mass is 491 g/mol. The molecular weight excluding hydrogens is 462 g/mol. The maximum absolute atomic E-state index is 6.13. The summed E-state index contributed by atoms with van der Waals surface area (Å²) in [6, 6.07) is 30.0. The number of benzene rings is 4. The average molecular weight is 492 g/mol. The maximum atomic E-state index is 6.13. The van der Waals surface area contributed by atoms with Crippen LogP contribution in [0.3, 0.4) is 0 Å². The molecule has 0 amide bonds. The molecule has 4 aromatic rings. The molecule has 0 saturated heterocycles. The van der Waals surface area contributed by atoms with Crippen LogP contribution in [0.15, 0.2) is 117 Å². The number of rotatable bonds is 9. The number of nitrogens with zero attached hydrogens (tertiary/aromatic N) is 4. The van der Waals surface area contributed by atoms with E-state index < -0.39 is 0 Å². The van der Waals surface area contributed by atoms with E-state index in [0.717, 1.165) is 39.3 Å². The minimum Gasteiger partial charge on any atom is -0.399 e. The van der Waals surface area contributed by atoms with E-state index >= 15 is 0 Å². The lowest BCUT2D eigenvalue weighted by atomic mass is 10.2. The normalized spacial score (nSPS) is 12.1. The fourth-order valence-corrected chi connectivity index (χ4v) is 3.34. The zero-order valence-electron chi connectivity index (χ0n) is 20.3. The second kappa shape index (κ2) is 12.0. The highest BCUT2D eigenvalue weighted by atomic mass is 15.4. The molecule has 0 atom stereocenters. The van der Waals surface area contributed by atoms with Crippen molar-refractivity contribution in [3.05, 3.63) is 119 Å². The van der Waals surface area contributed by atoms with E-state index in [0.29, 0.717) is 30.4 Å². The van der Waals surface area contributed by atoms with Gasteiger partial charge in [-0.25, -0.2) is 0 Å². The van der Waals surface area contributed by atoms with Gasteiger partial charge in [0, 0.05) is 22.5 Å². The van der Waals surface area contributed by atoms with Gasteiger partial charge in [-0.1, -0.05) is 29.5 Å². The smallest absolute Gasteiger partial charge is 0.125 e. The zero-order valence-corrected chi connectivity index (χ0v) is 20.3. The topological polar surface area (TPSA) is 166 Å². The van der Waals surface area contributed by atoms with Gasteiger partial charge in [-0.05, 0) is 83.9 Å². The Morgan fingerprint density at radius 1 is 0.568 bits per heavy atom. The van der Waals surface area contributed by atoms with E-state index in [2.05, 4.69) is 25.7 Å². The van der Waals surface area contributed by atoms with Gasteiger partial charge in [-0.3, -0.25) is 15.4 Å². The Balaban J connectivity index is 1.29. The van der Waals surface area contributed by atoms with Crippen LogP contribution in [0.5, 0.6) is 0 Å². The van der Waals surface area contributed by atoms with Crippen molar-refractivity contribution in [2.75, 3.05) is 16.9 Å². The van der Waals surface area contributed by atoms with Crippen LogP contribution in [0.25, 0.3) is 0 Å². The van der Waals surface area contributed by atoms with Crippen LogP contribution in [-0.2, 0) is 13.1 Å². The van der Waals surface area contributed by atoms with E-state index in [9.17, 15) is 0 Å². The molecule has 0 aromatic heterocycles. The van der Waals surface area contributed by atoms with Crippen molar-refractivity contribution in [3.63, 3.8) is 0 Å². The van der Waals surface area contributed by atoms with E-state index in [4.69, 9.17) is 22.9 Å². The number of hydrogen-bond acceptors (Lipinski definition) is 6. The second-order valence-electron chi connectivity index (χ2n) is 8.32. The predicted molar refractivity (Wildman–Crippen MR) is 152 cm³/mol. The first kappa shape index (κ1) is 24.9. The van der Waals surface area contributed by atoms with Crippen LogP contribution in [-0.4, -0.2) is 11.7 Å². The highest BCUT2D eigenvalue weighted by Gasteiger charge is 2.01. The first-order chi connectivity index (χ1) is 18.0. The molecule has 0 heterocycles. The minimum absolute atomic E-state index is 0.454. The number of anilines is 3. The lowest BCUT2D eigenvalue weighted by Gasteiger charge is -2.04. The van der Waals surface area contributed by atoms with Gasteiger partial charge < -0.3 is 22.9 Å². The molecule has 0 bridgehead atoms. The van der Waals surface area contributed by atoms with Gasteiger partial charge in [0.25, 0.3) is 0 Å². The molecule has 0 aliphatic rings.